The summed E-state index contributed by atoms with van der Waals surface area (Å²) in [6, 6.07) is 14.4. The Kier molecular flexibility index (Phi) is 4.35. The second-order valence-corrected chi connectivity index (χ2v) is 6.77. The van der Waals surface area contributed by atoms with Gasteiger partial charge in [0, 0.05) is 10.4 Å². The molecule has 0 saturated carbocycles. The van der Waals surface area contributed by atoms with Gasteiger partial charge < -0.3 is 10.1 Å². The van der Waals surface area contributed by atoms with Gasteiger partial charge in [0.2, 0.25) is 0 Å². The Bertz CT molecular complexity index is 839. The minimum atomic E-state index is 0.813. The average molecular weight is 324 g/mol. The van der Waals surface area contributed by atoms with Gasteiger partial charge in [0.25, 0.3) is 0 Å². The molecule has 118 valence electrons. The third-order valence-electron chi connectivity index (χ3n) is 3.78. The molecule has 3 nitrogen and oxygen atoms in total. The molecule has 0 fully saturated rings. The maximum atomic E-state index is 5.39. The molecule has 0 aliphatic heterocycles. The van der Waals surface area contributed by atoms with Crippen LogP contribution in [0.3, 0.4) is 0 Å². The molecule has 4 heteroatoms. The number of aryl methyl sites for hydroxylation is 3. The second kappa shape index (κ2) is 6.42. The average Bonchev–Trinajstić information content (AvgIpc) is 2.88. The highest BCUT2D eigenvalue weighted by Crippen LogP contribution is 2.35. The van der Waals surface area contributed by atoms with Gasteiger partial charge in [-0.05, 0) is 38.5 Å². The van der Waals surface area contributed by atoms with E-state index in [1.807, 2.05) is 24.3 Å². The lowest BCUT2D eigenvalue weighted by Crippen LogP contribution is -1.94. The van der Waals surface area contributed by atoms with Gasteiger partial charge in [-0.3, -0.25) is 0 Å². The van der Waals surface area contributed by atoms with Crippen LogP contribution in [0.5, 0.6) is 5.75 Å². The van der Waals surface area contributed by atoms with Gasteiger partial charge in [-0.2, -0.15) is 0 Å². The van der Waals surface area contributed by atoms with E-state index < -0.39 is 0 Å². The lowest BCUT2D eigenvalue weighted by molar-refractivity contribution is 0.417. The third kappa shape index (κ3) is 3.22. The summed E-state index contributed by atoms with van der Waals surface area (Å²) >= 11 is 1.66. The number of anilines is 2. The van der Waals surface area contributed by atoms with E-state index in [9.17, 15) is 0 Å². The Morgan fingerprint density at radius 1 is 1.04 bits per heavy atom. The largest absolute Gasteiger partial charge is 0.495 e. The zero-order valence-corrected chi connectivity index (χ0v) is 14.6. The molecule has 0 spiro atoms. The molecule has 0 radical (unpaired) electrons. The first kappa shape index (κ1) is 15.6. The zero-order valence-electron chi connectivity index (χ0n) is 13.8. The van der Waals surface area contributed by atoms with Crippen LogP contribution in [0.2, 0.25) is 0 Å². The highest BCUT2D eigenvalue weighted by atomic mass is 32.1. The Hall–Kier alpha value is -2.33. The predicted octanol–water partition coefficient (Wildman–Crippen LogP) is 5.49. The number of thiazole rings is 1. The normalized spacial score (nSPS) is 10.6. The van der Waals surface area contributed by atoms with Gasteiger partial charge in [-0.25, -0.2) is 4.98 Å². The molecule has 0 bridgehead atoms. The number of benzene rings is 2. The van der Waals surface area contributed by atoms with Crippen molar-refractivity contribution in [2.45, 2.75) is 20.8 Å². The van der Waals surface area contributed by atoms with Crippen molar-refractivity contribution < 1.29 is 4.74 Å². The van der Waals surface area contributed by atoms with E-state index in [0.29, 0.717) is 0 Å². The fourth-order valence-corrected chi connectivity index (χ4v) is 3.48. The van der Waals surface area contributed by atoms with Crippen molar-refractivity contribution in [3.63, 3.8) is 0 Å². The lowest BCUT2D eigenvalue weighted by atomic mass is 10.0. The fourth-order valence-electron chi connectivity index (χ4n) is 2.64. The fraction of sp³-hybridized carbons (Fsp3) is 0.211. The van der Waals surface area contributed by atoms with Crippen molar-refractivity contribution in [1.82, 2.24) is 4.98 Å². The van der Waals surface area contributed by atoms with E-state index in [0.717, 1.165) is 22.3 Å². The molecule has 0 amide bonds. The Balaban J connectivity index is 1.95. The van der Waals surface area contributed by atoms with Crippen molar-refractivity contribution >= 4 is 22.2 Å². The van der Waals surface area contributed by atoms with Crippen LogP contribution in [0, 0.1) is 20.8 Å². The number of nitrogens with one attached hydrogen (secondary N) is 1. The number of hydrogen-bond acceptors (Lipinski definition) is 4. The monoisotopic (exact) mass is 324 g/mol. The number of hydrogen-bond donors (Lipinski definition) is 1. The molecule has 1 aromatic heterocycles. The first-order valence-corrected chi connectivity index (χ1v) is 8.35. The number of aromatic nitrogens is 1. The maximum absolute atomic E-state index is 5.39. The third-order valence-corrected chi connectivity index (χ3v) is 4.67. The van der Waals surface area contributed by atoms with Crippen molar-refractivity contribution in [3.05, 3.63) is 58.5 Å². The van der Waals surface area contributed by atoms with E-state index in [4.69, 9.17) is 9.72 Å². The van der Waals surface area contributed by atoms with Crippen molar-refractivity contribution in [2.24, 2.45) is 0 Å². The van der Waals surface area contributed by atoms with Crippen molar-refractivity contribution in [2.75, 3.05) is 12.4 Å². The summed E-state index contributed by atoms with van der Waals surface area (Å²) in [6.07, 6.45) is 0. The summed E-state index contributed by atoms with van der Waals surface area (Å²) < 4.78 is 5.39. The van der Waals surface area contributed by atoms with Gasteiger partial charge >= 0.3 is 0 Å². The van der Waals surface area contributed by atoms with E-state index in [1.165, 1.54) is 21.6 Å². The number of para-hydroxylation sites is 2. The highest BCUT2D eigenvalue weighted by Gasteiger charge is 2.13. The quantitative estimate of drug-likeness (QED) is 0.689. The van der Waals surface area contributed by atoms with Crippen molar-refractivity contribution in [1.29, 1.82) is 0 Å². The summed E-state index contributed by atoms with van der Waals surface area (Å²) in [5.74, 6) is 0.813. The minimum absolute atomic E-state index is 0.813. The predicted molar refractivity (Wildman–Crippen MR) is 98.0 cm³/mol. The molecule has 0 unspecified atom stereocenters. The SMILES string of the molecule is COc1ccccc1Nc1nc(-c2ccc(C)cc2C)c(C)s1. The number of nitrogens with zero attached hydrogens (tertiary/aromatic N) is 1. The van der Waals surface area contributed by atoms with Gasteiger partial charge in [0.15, 0.2) is 5.13 Å². The van der Waals surface area contributed by atoms with Crippen LogP contribution in [0.1, 0.15) is 16.0 Å². The molecule has 0 atom stereocenters. The van der Waals surface area contributed by atoms with Crippen molar-refractivity contribution in [3.8, 4) is 17.0 Å². The Labute approximate surface area is 141 Å². The molecular formula is C19H20N2OS. The summed E-state index contributed by atoms with van der Waals surface area (Å²) in [5, 5.41) is 4.24. The standard InChI is InChI=1S/C19H20N2OS/c1-12-9-10-15(13(2)11-12)18-14(3)23-19(21-18)20-16-7-5-6-8-17(16)22-4/h5-11H,1-4H3,(H,20,21). The topological polar surface area (TPSA) is 34.1 Å². The molecule has 23 heavy (non-hydrogen) atoms. The van der Waals surface area contributed by atoms with Crippen LogP contribution in [0.25, 0.3) is 11.3 Å². The smallest absolute Gasteiger partial charge is 0.188 e. The molecule has 3 aromatic rings. The van der Waals surface area contributed by atoms with Crippen LogP contribution in [0.4, 0.5) is 10.8 Å². The number of methoxy groups -OCH3 is 1. The first-order valence-electron chi connectivity index (χ1n) is 7.53. The Morgan fingerprint density at radius 3 is 2.57 bits per heavy atom. The van der Waals surface area contributed by atoms with E-state index >= 15 is 0 Å². The van der Waals surface area contributed by atoms with Gasteiger partial charge in [-0.15, -0.1) is 11.3 Å². The summed E-state index contributed by atoms with van der Waals surface area (Å²) in [7, 11) is 1.68. The molecule has 0 aliphatic carbocycles. The van der Waals surface area contributed by atoms with E-state index in [2.05, 4.69) is 44.3 Å². The van der Waals surface area contributed by atoms with Crippen LogP contribution in [-0.2, 0) is 0 Å². The number of rotatable bonds is 4. The summed E-state index contributed by atoms with van der Waals surface area (Å²) in [6.45, 7) is 6.35. The highest BCUT2D eigenvalue weighted by molar-refractivity contribution is 7.16. The lowest BCUT2D eigenvalue weighted by Gasteiger charge is -2.08. The molecule has 2 aromatic carbocycles. The van der Waals surface area contributed by atoms with Gasteiger partial charge in [0.1, 0.15) is 5.75 Å². The van der Waals surface area contributed by atoms with Crippen LogP contribution >= 0.6 is 11.3 Å². The molecule has 0 aliphatic rings. The van der Waals surface area contributed by atoms with Gasteiger partial charge in [0.05, 0.1) is 18.5 Å². The molecule has 0 saturated heterocycles. The van der Waals surface area contributed by atoms with Crippen LogP contribution in [-0.4, -0.2) is 12.1 Å². The second-order valence-electron chi connectivity index (χ2n) is 5.57. The molecular weight excluding hydrogens is 304 g/mol. The molecule has 1 N–H and O–H groups in total. The molecule has 3 rings (SSSR count). The Morgan fingerprint density at radius 2 is 1.83 bits per heavy atom. The first-order chi connectivity index (χ1) is 11.1. The van der Waals surface area contributed by atoms with Crippen LogP contribution in [0.15, 0.2) is 42.5 Å². The van der Waals surface area contributed by atoms with E-state index in [1.54, 1.807) is 18.4 Å². The summed E-state index contributed by atoms with van der Waals surface area (Å²) in [4.78, 5) is 6.00. The molecule has 1 heterocycles. The maximum Gasteiger partial charge on any atom is 0.188 e. The zero-order chi connectivity index (χ0) is 16.4. The van der Waals surface area contributed by atoms with Gasteiger partial charge in [-0.1, -0.05) is 35.9 Å². The summed E-state index contributed by atoms with van der Waals surface area (Å²) in [5.41, 5.74) is 5.69. The van der Waals surface area contributed by atoms with E-state index in [-0.39, 0.29) is 0 Å². The minimum Gasteiger partial charge on any atom is -0.495 e. The number of ether oxygens (including phenoxy) is 1. The van der Waals surface area contributed by atoms with Crippen LogP contribution < -0.4 is 10.1 Å².